The van der Waals surface area contributed by atoms with Crippen LogP contribution in [0, 0.1) is 0 Å². The lowest BCUT2D eigenvalue weighted by Crippen LogP contribution is -2.40. The highest BCUT2D eigenvalue weighted by atomic mass is 35.5. The maximum Gasteiger partial charge on any atom is 0.263 e. The predicted octanol–water partition coefficient (Wildman–Crippen LogP) is 6.47. The van der Waals surface area contributed by atoms with E-state index in [1.54, 1.807) is 12.1 Å². The van der Waals surface area contributed by atoms with Crippen LogP contribution in [0.5, 0.6) is 0 Å². The van der Waals surface area contributed by atoms with Gasteiger partial charge in [-0.3, -0.25) is 9.59 Å². The number of nitrogens with one attached hydrogen (secondary N) is 2. The third kappa shape index (κ3) is 5.66. The predicted molar refractivity (Wildman–Crippen MR) is 125 cm³/mol. The zero-order valence-corrected chi connectivity index (χ0v) is 19.3. The average molecular weight is 467 g/mol. The Kier molecular flexibility index (Phi) is 6.79. The minimum atomic E-state index is -0.369. The SMILES string of the molecule is CC(C)(C)NC(=O)c1sc2c(NC(=O)CSc3ccc(Cl)cc3)cccc2c1Cl. The van der Waals surface area contributed by atoms with E-state index in [0.717, 1.165) is 15.0 Å². The van der Waals surface area contributed by atoms with Crippen molar-refractivity contribution >= 4 is 73.9 Å². The largest absolute Gasteiger partial charge is 0.347 e. The third-order valence-corrected chi connectivity index (χ3v) is 6.81. The maximum atomic E-state index is 12.6. The van der Waals surface area contributed by atoms with Crippen molar-refractivity contribution in [3.8, 4) is 0 Å². The molecule has 0 unspecified atom stereocenters. The third-order valence-electron chi connectivity index (χ3n) is 3.81. The monoisotopic (exact) mass is 466 g/mol. The van der Waals surface area contributed by atoms with Crippen LogP contribution in [0.15, 0.2) is 47.4 Å². The molecule has 0 bridgehead atoms. The first-order chi connectivity index (χ1) is 13.6. The normalized spacial score (nSPS) is 11.5. The van der Waals surface area contributed by atoms with Gasteiger partial charge in [-0.05, 0) is 51.1 Å². The molecule has 4 nitrogen and oxygen atoms in total. The van der Waals surface area contributed by atoms with Gasteiger partial charge < -0.3 is 10.6 Å². The van der Waals surface area contributed by atoms with E-state index in [2.05, 4.69) is 10.6 Å². The van der Waals surface area contributed by atoms with Gasteiger partial charge >= 0.3 is 0 Å². The molecule has 1 aromatic heterocycles. The van der Waals surface area contributed by atoms with Crippen molar-refractivity contribution in [2.75, 3.05) is 11.1 Å². The summed E-state index contributed by atoms with van der Waals surface area (Å²) in [6.07, 6.45) is 0. The van der Waals surface area contributed by atoms with Crippen molar-refractivity contribution < 1.29 is 9.59 Å². The number of rotatable bonds is 5. The molecule has 3 rings (SSSR count). The summed E-state index contributed by atoms with van der Waals surface area (Å²) >= 11 is 15.0. The number of carbonyl (C=O) groups excluding carboxylic acids is 2. The van der Waals surface area contributed by atoms with Crippen LogP contribution in [0.3, 0.4) is 0 Å². The summed E-state index contributed by atoms with van der Waals surface area (Å²) in [5.41, 5.74) is 0.276. The van der Waals surface area contributed by atoms with Crippen LogP contribution in [-0.4, -0.2) is 23.1 Å². The molecule has 2 N–H and O–H groups in total. The van der Waals surface area contributed by atoms with Crippen LogP contribution in [-0.2, 0) is 4.79 Å². The Hall–Kier alpha value is -1.73. The van der Waals surface area contributed by atoms with E-state index in [-0.39, 0.29) is 23.1 Å². The van der Waals surface area contributed by atoms with Gasteiger partial charge in [-0.1, -0.05) is 35.3 Å². The quantitative estimate of drug-likeness (QED) is 0.423. The summed E-state index contributed by atoms with van der Waals surface area (Å²) < 4.78 is 0.779. The lowest BCUT2D eigenvalue weighted by Gasteiger charge is -2.19. The molecule has 0 aliphatic rings. The first kappa shape index (κ1) is 22.0. The lowest BCUT2D eigenvalue weighted by molar-refractivity contribution is -0.113. The molecule has 0 atom stereocenters. The number of benzene rings is 2. The first-order valence-electron chi connectivity index (χ1n) is 8.86. The number of amides is 2. The van der Waals surface area contributed by atoms with Gasteiger partial charge in [0.1, 0.15) is 4.88 Å². The standard InChI is InChI=1S/C21H20Cl2N2O2S2/c1-21(2,3)25-20(27)19-17(23)14-5-4-6-15(18(14)29-19)24-16(26)11-28-13-9-7-12(22)8-10-13/h4-10H,11H2,1-3H3,(H,24,26)(H,25,27). The van der Waals surface area contributed by atoms with Gasteiger partial charge in [-0.2, -0.15) is 0 Å². The van der Waals surface area contributed by atoms with Gasteiger partial charge in [0.25, 0.3) is 5.91 Å². The molecule has 0 spiro atoms. The van der Waals surface area contributed by atoms with Crippen molar-refractivity contribution in [3.05, 3.63) is 57.4 Å². The van der Waals surface area contributed by atoms with Gasteiger partial charge in [0.15, 0.2) is 0 Å². The van der Waals surface area contributed by atoms with E-state index in [0.29, 0.717) is 20.6 Å². The molecular formula is C21H20Cl2N2O2S2. The Morgan fingerprint density at radius 2 is 1.76 bits per heavy atom. The van der Waals surface area contributed by atoms with Crippen molar-refractivity contribution in [2.24, 2.45) is 0 Å². The highest BCUT2D eigenvalue weighted by Gasteiger charge is 2.22. The van der Waals surface area contributed by atoms with Crippen molar-refractivity contribution in [1.82, 2.24) is 5.32 Å². The summed E-state index contributed by atoms with van der Waals surface area (Å²) in [7, 11) is 0. The summed E-state index contributed by atoms with van der Waals surface area (Å²) in [4.78, 5) is 26.4. The van der Waals surface area contributed by atoms with E-state index in [4.69, 9.17) is 23.2 Å². The van der Waals surface area contributed by atoms with Crippen LogP contribution < -0.4 is 10.6 Å². The second-order valence-corrected chi connectivity index (χ2v) is 10.3. The Labute approximate surface area is 188 Å². The number of hydrogen-bond acceptors (Lipinski definition) is 4. The molecule has 152 valence electrons. The Balaban J connectivity index is 1.77. The molecule has 2 aromatic carbocycles. The highest BCUT2D eigenvalue weighted by Crippen LogP contribution is 2.39. The number of hydrogen-bond donors (Lipinski definition) is 2. The molecule has 2 amide bonds. The zero-order chi connectivity index (χ0) is 21.2. The highest BCUT2D eigenvalue weighted by molar-refractivity contribution is 8.00. The summed E-state index contributed by atoms with van der Waals surface area (Å²) in [5.74, 6) is -0.101. The van der Waals surface area contributed by atoms with Crippen LogP contribution in [0.2, 0.25) is 10.0 Å². The second kappa shape index (κ2) is 8.96. The summed E-state index contributed by atoms with van der Waals surface area (Å²) in [5, 5.41) is 7.66. The Morgan fingerprint density at radius 3 is 2.41 bits per heavy atom. The van der Waals surface area contributed by atoms with Gasteiger partial charge in [-0.15, -0.1) is 23.1 Å². The second-order valence-electron chi connectivity index (χ2n) is 7.42. The molecule has 8 heteroatoms. The van der Waals surface area contributed by atoms with Crippen LogP contribution in [0.25, 0.3) is 10.1 Å². The molecule has 1 heterocycles. The number of carbonyl (C=O) groups is 2. The van der Waals surface area contributed by atoms with Gasteiger partial charge in [-0.25, -0.2) is 0 Å². The fourth-order valence-corrected chi connectivity index (χ4v) is 4.89. The topological polar surface area (TPSA) is 58.2 Å². The lowest BCUT2D eigenvalue weighted by atomic mass is 10.1. The number of thiophene rings is 1. The summed E-state index contributed by atoms with van der Waals surface area (Å²) in [6.45, 7) is 5.74. The van der Waals surface area contributed by atoms with E-state index in [1.807, 2.05) is 51.1 Å². The Bertz CT molecular complexity index is 1060. The van der Waals surface area contributed by atoms with Crippen molar-refractivity contribution in [1.29, 1.82) is 0 Å². The van der Waals surface area contributed by atoms with Crippen LogP contribution >= 0.6 is 46.3 Å². The first-order valence-corrected chi connectivity index (χ1v) is 11.4. The van der Waals surface area contributed by atoms with Crippen molar-refractivity contribution in [3.63, 3.8) is 0 Å². The van der Waals surface area contributed by atoms with E-state index >= 15 is 0 Å². The molecule has 0 saturated heterocycles. The maximum absolute atomic E-state index is 12.6. The van der Waals surface area contributed by atoms with Gasteiger partial charge in [0.05, 0.1) is 21.2 Å². The van der Waals surface area contributed by atoms with Crippen LogP contribution in [0.4, 0.5) is 5.69 Å². The Morgan fingerprint density at radius 1 is 1.07 bits per heavy atom. The molecule has 29 heavy (non-hydrogen) atoms. The van der Waals surface area contributed by atoms with E-state index in [9.17, 15) is 9.59 Å². The van der Waals surface area contributed by atoms with Crippen molar-refractivity contribution in [2.45, 2.75) is 31.2 Å². The molecule has 0 aliphatic carbocycles. The fourth-order valence-electron chi connectivity index (χ4n) is 2.60. The smallest absolute Gasteiger partial charge is 0.263 e. The minimum absolute atomic E-state index is 0.136. The molecule has 0 fully saturated rings. The fraction of sp³-hybridized carbons (Fsp3) is 0.238. The minimum Gasteiger partial charge on any atom is -0.347 e. The average Bonchev–Trinajstić information content (AvgIpc) is 2.98. The van der Waals surface area contributed by atoms with Crippen LogP contribution in [0.1, 0.15) is 30.4 Å². The zero-order valence-electron chi connectivity index (χ0n) is 16.1. The van der Waals surface area contributed by atoms with Gasteiger partial charge in [0, 0.05) is 20.8 Å². The molecule has 0 saturated carbocycles. The number of fused-ring (bicyclic) bond motifs is 1. The molecule has 0 aliphatic heterocycles. The number of thioether (sulfide) groups is 1. The molecule has 0 radical (unpaired) electrons. The summed E-state index contributed by atoms with van der Waals surface area (Å²) in [6, 6.07) is 12.8. The van der Waals surface area contributed by atoms with E-state index < -0.39 is 0 Å². The number of anilines is 1. The van der Waals surface area contributed by atoms with Gasteiger partial charge in [0.2, 0.25) is 5.91 Å². The molecular weight excluding hydrogens is 447 g/mol. The number of halogens is 2. The molecule has 3 aromatic rings. The van der Waals surface area contributed by atoms with E-state index in [1.165, 1.54) is 23.1 Å².